The van der Waals surface area contributed by atoms with E-state index in [1.807, 2.05) is 6.08 Å². The summed E-state index contributed by atoms with van der Waals surface area (Å²) in [5.74, 6) is -0.235. The third-order valence-corrected chi connectivity index (χ3v) is 10.2. The fourth-order valence-corrected chi connectivity index (χ4v) is 7.54. The number of alkyl halides is 3. The van der Waals surface area contributed by atoms with E-state index < -0.39 is 23.1 Å². The molecule has 0 radical (unpaired) electrons. The van der Waals surface area contributed by atoms with Crippen molar-refractivity contribution in [1.29, 1.82) is 0 Å². The number of likely N-dealkylation sites (tertiary alicyclic amines) is 1. The average Bonchev–Trinajstić information content (AvgIpc) is 3.71. The predicted octanol–water partition coefficient (Wildman–Crippen LogP) is 5.18. The Morgan fingerprint density at radius 1 is 1.10 bits per heavy atom. The van der Waals surface area contributed by atoms with E-state index >= 15 is 0 Å². The van der Waals surface area contributed by atoms with Crippen molar-refractivity contribution < 1.29 is 32.2 Å². The second kappa shape index (κ2) is 13.0. The number of aromatic nitrogens is 5. The maximum atomic E-state index is 14.3. The molecule has 1 saturated heterocycles. The molecule has 2 aliphatic heterocycles. The van der Waals surface area contributed by atoms with Crippen LogP contribution in [0.5, 0.6) is 5.75 Å². The Bertz CT molecular complexity index is 2120. The van der Waals surface area contributed by atoms with Crippen LogP contribution in [-0.2, 0) is 34.1 Å². The number of carbonyl (C=O) groups excluding carboxylic acids is 2. The van der Waals surface area contributed by atoms with Crippen LogP contribution in [0.25, 0.3) is 11.4 Å². The highest BCUT2D eigenvalue weighted by molar-refractivity contribution is 6.33. The van der Waals surface area contributed by atoms with E-state index in [4.69, 9.17) is 37.7 Å². The predicted molar refractivity (Wildman–Crippen MR) is 177 cm³/mol. The smallest absolute Gasteiger partial charge is 0.416 e. The Labute approximate surface area is 292 Å². The van der Waals surface area contributed by atoms with Gasteiger partial charge in [-0.3, -0.25) is 14.4 Å². The zero-order valence-corrected chi connectivity index (χ0v) is 28.2. The quantitative estimate of drug-likeness (QED) is 0.287. The molecular weight excluding hydrogens is 702 g/mol. The minimum atomic E-state index is -4.60. The SMILES string of the molecule is COc1c(Cl)ccnc1C(=O)N1CCC2(CCc3c2c(=O)n2nc(C4=CCOCC4)nc2n3CC(=O)Nc2ccc(C(F)(F)F)cc2Cl)CC1. The van der Waals surface area contributed by atoms with E-state index in [0.717, 1.165) is 23.8 Å². The number of rotatable bonds is 6. The fourth-order valence-electron chi connectivity index (χ4n) is 7.09. The maximum Gasteiger partial charge on any atom is 0.416 e. The number of amides is 2. The van der Waals surface area contributed by atoms with Crippen LogP contribution in [0.2, 0.25) is 10.0 Å². The first-order valence-corrected chi connectivity index (χ1v) is 16.6. The number of nitrogens with zero attached hydrogens (tertiary/aromatic N) is 6. The van der Waals surface area contributed by atoms with Crippen molar-refractivity contribution in [1.82, 2.24) is 29.0 Å². The molecule has 12 nitrogen and oxygen atoms in total. The zero-order chi connectivity index (χ0) is 35.4. The number of fused-ring (bicyclic) bond motifs is 3. The Morgan fingerprint density at radius 3 is 2.56 bits per heavy atom. The van der Waals surface area contributed by atoms with Crippen LogP contribution >= 0.6 is 23.2 Å². The molecule has 0 atom stereocenters. The lowest BCUT2D eigenvalue weighted by atomic mass is 9.74. The van der Waals surface area contributed by atoms with Crippen LogP contribution < -0.4 is 15.6 Å². The molecule has 1 fully saturated rings. The first kappa shape index (κ1) is 34.0. The van der Waals surface area contributed by atoms with Crippen LogP contribution in [0.4, 0.5) is 18.9 Å². The number of carbonyl (C=O) groups is 2. The van der Waals surface area contributed by atoms with E-state index in [-0.39, 0.29) is 51.0 Å². The number of hydrogen-bond acceptors (Lipinski definition) is 8. The molecule has 17 heteroatoms. The minimum absolute atomic E-state index is 0.00669. The number of hydrogen-bond donors (Lipinski definition) is 1. The van der Waals surface area contributed by atoms with Gasteiger partial charge in [0.2, 0.25) is 11.7 Å². The van der Waals surface area contributed by atoms with Crippen LogP contribution in [0, 0.1) is 0 Å². The molecule has 1 aromatic carbocycles. The summed E-state index contributed by atoms with van der Waals surface area (Å²) in [6.45, 7) is 1.18. The number of anilines is 1. The number of methoxy groups -OCH3 is 1. The number of benzene rings is 1. The van der Waals surface area contributed by atoms with Crippen molar-refractivity contribution in [3.63, 3.8) is 0 Å². The standard InChI is InChI=1S/C33H30Cl2F3N7O5/c1-49-27-20(34)5-11-39-26(27)30(48)43-12-9-32(10-13-43)8-4-23-25(32)29(47)45-31(41-28(42-45)18-6-14-50-15-7-18)44(23)17-24(46)40-22-3-2-19(16-21(22)35)33(36,37)38/h2-3,5-6,11,16H,4,7-10,12-15,17H2,1H3,(H,40,46). The number of nitrogens with one attached hydrogen (secondary N) is 1. The lowest BCUT2D eigenvalue weighted by Crippen LogP contribution is -2.46. The molecule has 0 unspecified atom stereocenters. The molecule has 1 aliphatic carbocycles. The molecular formula is C33H30Cl2F3N7O5. The van der Waals surface area contributed by atoms with Gasteiger partial charge < -0.3 is 24.3 Å². The third kappa shape index (κ3) is 6.00. The molecule has 4 aromatic rings. The van der Waals surface area contributed by atoms with Gasteiger partial charge in [-0.2, -0.15) is 22.7 Å². The van der Waals surface area contributed by atoms with Gasteiger partial charge >= 0.3 is 6.18 Å². The highest BCUT2D eigenvalue weighted by Gasteiger charge is 2.46. The number of piperidine rings is 1. The summed E-state index contributed by atoms with van der Waals surface area (Å²) in [6.07, 6.45) is 1.20. The van der Waals surface area contributed by atoms with Gasteiger partial charge in [0.25, 0.3) is 11.5 Å². The largest absolute Gasteiger partial charge is 0.493 e. The molecule has 3 aromatic heterocycles. The molecule has 1 spiro atoms. The van der Waals surface area contributed by atoms with Crippen molar-refractivity contribution in [3.8, 4) is 5.75 Å². The number of ether oxygens (including phenoxy) is 2. The first-order chi connectivity index (χ1) is 23.9. The Hall–Kier alpha value is -4.47. The van der Waals surface area contributed by atoms with Gasteiger partial charge in [-0.05, 0) is 61.9 Å². The normalized spacial score (nSPS) is 17.2. The van der Waals surface area contributed by atoms with Crippen LogP contribution in [0.15, 0.2) is 41.3 Å². The Morgan fingerprint density at radius 2 is 1.88 bits per heavy atom. The van der Waals surface area contributed by atoms with Crippen molar-refractivity contribution in [3.05, 3.63) is 85.3 Å². The summed E-state index contributed by atoms with van der Waals surface area (Å²) in [7, 11) is 1.42. The van der Waals surface area contributed by atoms with Crippen LogP contribution in [-0.4, -0.2) is 74.3 Å². The first-order valence-electron chi connectivity index (χ1n) is 15.8. The van der Waals surface area contributed by atoms with E-state index in [9.17, 15) is 27.6 Å². The van der Waals surface area contributed by atoms with Crippen molar-refractivity contribution in [2.75, 3.05) is 38.7 Å². The monoisotopic (exact) mass is 731 g/mol. The molecule has 2 amide bonds. The summed E-state index contributed by atoms with van der Waals surface area (Å²) < 4.78 is 53.2. The molecule has 7 rings (SSSR count). The molecule has 0 saturated carbocycles. The number of pyridine rings is 1. The summed E-state index contributed by atoms with van der Waals surface area (Å²) in [5.41, 5.74) is 0.137. The van der Waals surface area contributed by atoms with Gasteiger partial charge in [-0.1, -0.05) is 29.3 Å². The van der Waals surface area contributed by atoms with Gasteiger partial charge in [-0.25, -0.2) is 4.98 Å². The van der Waals surface area contributed by atoms with Crippen LogP contribution in [0.1, 0.15) is 58.8 Å². The zero-order valence-electron chi connectivity index (χ0n) is 26.6. The molecule has 1 N–H and O–H groups in total. The van der Waals surface area contributed by atoms with E-state index in [0.29, 0.717) is 75.5 Å². The lowest BCUT2D eigenvalue weighted by molar-refractivity contribution is -0.137. The summed E-state index contributed by atoms with van der Waals surface area (Å²) >= 11 is 12.4. The maximum absolute atomic E-state index is 14.3. The van der Waals surface area contributed by atoms with Gasteiger partial charge in [0.1, 0.15) is 6.54 Å². The van der Waals surface area contributed by atoms with Gasteiger partial charge in [0.05, 0.1) is 41.6 Å². The van der Waals surface area contributed by atoms with E-state index in [2.05, 4.69) is 15.4 Å². The lowest BCUT2D eigenvalue weighted by Gasteiger charge is -2.39. The van der Waals surface area contributed by atoms with E-state index in [1.54, 1.807) is 9.47 Å². The van der Waals surface area contributed by atoms with Gasteiger partial charge in [0.15, 0.2) is 17.3 Å². The third-order valence-electron chi connectivity index (χ3n) is 9.62. The number of halogens is 5. The summed E-state index contributed by atoms with van der Waals surface area (Å²) in [6, 6.07) is 4.22. The van der Waals surface area contributed by atoms with Crippen molar-refractivity contribution in [2.24, 2.45) is 0 Å². The van der Waals surface area contributed by atoms with Crippen molar-refractivity contribution in [2.45, 2.75) is 50.2 Å². The summed E-state index contributed by atoms with van der Waals surface area (Å²) in [5, 5.41) is 7.19. The fraction of sp³-hybridized carbons (Fsp3) is 0.394. The topological polar surface area (TPSA) is 133 Å². The molecule has 0 bridgehead atoms. The molecule has 50 heavy (non-hydrogen) atoms. The minimum Gasteiger partial charge on any atom is -0.493 e. The highest BCUT2D eigenvalue weighted by Crippen LogP contribution is 2.45. The molecule has 262 valence electrons. The van der Waals surface area contributed by atoms with Gasteiger partial charge in [-0.15, -0.1) is 5.10 Å². The second-order valence-electron chi connectivity index (χ2n) is 12.4. The van der Waals surface area contributed by atoms with Crippen LogP contribution in [0.3, 0.4) is 0 Å². The van der Waals surface area contributed by atoms with Gasteiger partial charge in [0, 0.05) is 36.0 Å². The second-order valence-corrected chi connectivity index (χ2v) is 13.2. The molecule has 5 heterocycles. The molecule has 3 aliphatic rings. The average molecular weight is 733 g/mol. The Balaban J connectivity index is 1.23. The highest BCUT2D eigenvalue weighted by atomic mass is 35.5. The van der Waals surface area contributed by atoms with E-state index in [1.165, 1.54) is 23.9 Å². The Kier molecular flexibility index (Phi) is 8.85. The van der Waals surface area contributed by atoms with Crippen molar-refractivity contribution >= 4 is 52.1 Å². The summed E-state index contributed by atoms with van der Waals surface area (Å²) in [4.78, 5) is 51.9.